The van der Waals surface area contributed by atoms with E-state index in [0.29, 0.717) is 0 Å². The van der Waals surface area contributed by atoms with Crippen molar-refractivity contribution in [3.8, 4) is 11.5 Å². The molecule has 0 fully saturated rings. The summed E-state index contributed by atoms with van der Waals surface area (Å²) >= 11 is 3.54. The molecule has 0 aromatic heterocycles. The Hall–Kier alpha value is -2.63. The molecule has 0 amide bonds. The first-order valence-corrected chi connectivity index (χ1v) is 11.3. The average Bonchev–Trinajstić information content (AvgIpc) is 3.15. The van der Waals surface area contributed by atoms with Crippen molar-refractivity contribution in [2.24, 2.45) is 5.92 Å². The van der Waals surface area contributed by atoms with Crippen molar-refractivity contribution in [3.05, 3.63) is 94.0 Å². The van der Waals surface area contributed by atoms with E-state index in [0.717, 1.165) is 34.6 Å². The quantitative estimate of drug-likeness (QED) is 0.371. The monoisotopic (exact) mass is 479 g/mol. The maximum Gasteiger partial charge on any atom is 0.323 e. The van der Waals surface area contributed by atoms with E-state index in [-0.39, 0.29) is 24.5 Å². The number of halogens is 1. The minimum Gasteiger partial charge on any atom is -0.460 e. The highest BCUT2D eigenvalue weighted by molar-refractivity contribution is 9.10. The predicted octanol–water partition coefficient (Wildman–Crippen LogP) is 6.33. The summed E-state index contributed by atoms with van der Waals surface area (Å²) in [6.07, 6.45) is 0. The minimum absolute atomic E-state index is 0.151. The van der Waals surface area contributed by atoms with E-state index in [1.165, 1.54) is 11.1 Å². The number of hydrogen-bond acceptors (Lipinski definition) is 4. The zero-order chi connectivity index (χ0) is 21.8. The normalized spacial score (nSPS) is 14.3. The van der Waals surface area contributed by atoms with Crippen LogP contribution in [-0.4, -0.2) is 16.9 Å². The highest BCUT2D eigenvalue weighted by atomic mass is 79.9. The Morgan fingerprint density at radius 3 is 2.45 bits per heavy atom. The van der Waals surface area contributed by atoms with Crippen LogP contribution in [0.2, 0.25) is 0 Å². The third kappa shape index (κ3) is 5.35. The zero-order valence-corrected chi connectivity index (χ0v) is 19.3. The van der Waals surface area contributed by atoms with Crippen LogP contribution in [0.1, 0.15) is 30.5 Å². The molecule has 1 heterocycles. The van der Waals surface area contributed by atoms with E-state index < -0.39 is 0 Å². The molecule has 0 radical (unpaired) electrons. The molecule has 3 aromatic carbocycles. The Bertz CT molecular complexity index is 1050. The van der Waals surface area contributed by atoms with Crippen LogP contribution < -0.4 is 4.74 Å². The zero-order valence-electron chi connectivity index (χ0n) is 17.8. The van der Waals surface area contributed by atoms with Crippen LogP contribution in [0.15, 0.2) is 77.3 Å². The molecule has 4 rings (SSSR count). The molecule has 0 N–H and O–H groups in total. The lowest BCUT2D eigenvalue weighted by atomic mass is 10.0. The molecular formula is C26H26BrNO3. The van der Waals surface area contributed by atoms with Gasteiger partial charge in [-0.05, 0) is 59.0 Å². The van der Waals surface area contributed by atoms with Crippen molar-refractivity contribution >= 4 is 21.9 Å². The van der Waals surface area contributed by atoms with Crippen LogP contribution in [0, 0.1) is 5.92 Å². The third-order valence-electron chi connectivity index (χ3n) is 5.44. The summed E-state index contributed by atoms with van der Waals surface area (Å²) in [6.45, 7) is 5.88. The van der Waals surface area contributed by atoms with Gasteiger partial charge in [0.05, 0.1) is 0 Å². The largest absolute Gasteiger partial charge is 0.460 e. The lowest BCUT2D eigenvalue weighted by Crippen LogP contribution is -2.42. The molecule has 1 unspecified atom stereocenters. The number of benzene rings is 3. The summed E-state index contributed by atoms with van der Waals surface area (Å²) < 4.78 is 12.7. The van der Waals surface area contributed by atoms with Crippen LogP contribution in [0.3, 0.4) is 0 Å². The summed E-state index contributed by atoms with van der Waals surface area (Å²) in [5.41, 5.74) is 3.43. The van der Waals surface area contributed by atoms with Gasteiger partial charge in [-0.25, -0.2) is 0 Å². The number of carbonyl (C=O) groups is 1. The Kier molecular flexibility index (Phi) is 6.73. The standard InChI is InChI=1S/C26H26BrNO3/c1-18(2)25(28-15-20-11-12-22(27)14-21(20)16-28)26(29)30-17-19-7-6-10-24(13-19)31-23-8-4-3-5-9-23/h3-14,18,25H,15-17H2,1-2H3. The van der Waals surface area contributed by atoms with Crippen molar-refractivity contribution in [1.29, 1.82) is 0 Å². The molecule has 1 aliphatic rings. The number of fused-ring (bicyclic) bond motifs is 1. The molecule has 31 heavy (non-hydrogen) atoms. The van der Waals surface area contributed by atoms with Crippen LogP contribution in [0.4, 0.5) is 0 Å². The third-order valence-corrected chi connectivity index (χ3v) is 5.93. The van der Waals surface area contributed by atoms with E-state index in [1.54, 1.807) is 0 Å². The smallest absolute Gasteiger partial charge is 0.323 e. The van der Waals surface area contributed by atoms with Crippen molar-refractivity contribution in [3.63, 3.8) is 0 Å². The molecule has 160 valence electrons. The number of carbonyl (C=O) groups excluding carboxylic acids is 1. The molecule has 4 nitrogen and oxygen atoms in total. The van der Waals surface area contributed by atoms with Gasteiger partial charge in [0.2, 0.25) is 0 Å². The van der Waals surface area contributed by atoms with Crippen LogP contribution in [-0.2, 0) is 29.2 Å². The van der Waals surface area contributed by atoms with Crippen molar-refractivity contribution in [1.82, 2.24) is 4.90 Å². The first-order chi connectivity index (χ1) is 15.0. The molecule has 5 heteroatoms. The second-order valence-electron chi connectivity index (χ2n) is 8.18. The first-order valence-electron chi connectivity index (χ1n) is 10.5. The van der Waals surface area contributed by atoms with E-state index in [4.69, 9.17) is 9.47 Å². The molecular weight excluding hydrogens is 454 g/mol. The highest BCUT2D eigenvalue weighted by Crippen LogP contribution is 2.30. The Balaban J connectivity index is 1.39. The molecule has 1 atom stereocenters. The van der Waals surface area contributed by atoms with Crippen LogP contribution in [0.25, 0.3) is 0 Å². The molecule has 3 aromatic rings. The predicted molar refractivity (Wildman–Crippen MR) is 125 cm³/mol. The fraction of sp³-hybridized carbons (Fsp3) is 0.269. The summed E-state index contributed by atoms with van der Waals surface area (Å²) in [7, 11) is 0. The van der Waals surface area contributed by atoms with Gasteiger partial charge in [-0.3, -0.25) is 9.69 Å². The van der Waals surface area contributed by atoms with Gasteiger partial charge in [-0.1, -0.05) is 66.2 Å². The Morgan fingerprint density at radius 2 is 1.68 bits per heavy atom. The van der Waals surface area contributed by atoms with Gasteiger partial charge in [-0.15, -0.1) is 0 Å². The summed E-state index contributed by atoms with van der Waals surface area (Å²) in [4.78, 5) is 15.2. The van der Waals surface area contributed by atoms with Gasteiger partial charge in [0.15, 0.2) is 0 Å². The molecule has 0 aliphatic carbocycles. The van der Waals surface area contributed by atoms with Gasteiger partial charge >= 0.3 is 5.97 Å². The average molecular weight is 480 g/mol. The topological polar surface area (TPSA) is 38.8 Å². The molecule has 0 saturated heterocycles. The van der Waals surface area contributed by atoms with Crippen LogP contribution in [0.5, 0.6) is 11.5 Å². The number of nitrogens with zero attached hydrogens (tertiary/aromatic N) is 1. The SMILES string of the molecule is CC(C)C(C(=O)OCc1cccc(Oc2ccccc2)c1)N1Cc2ccc(Br)cc2C1. The lowest BCUT2D eigenvalue weighted by Gasteiger charge is -2.28. The van der Waals surface area contributed by atoms with Gasteiger partial charge in [0.1, 0.15) is 24.1 Å². The molecule has 1 aliphatic heterocycles. The van der Waals surface area contributed by atoms with Crippen molar-refractivity contribution in [2.45, 2.75) is 39.6 Å². The number of rotatable bonds is 7. The second-order valence-corrected chi connectivity index (χ2v) is 9.09. The maximum absolute atomic E-state index is 13.0. The van der Waals surface area contributed by atoms with Gasteiger partial charge < -0.3 is 9.47 Å². The summed E-state index contributed by atoms with van der Waals surface area (Å²) in [5.74, 6) is 1.46. The second kappa shape index (κ2) is 9.67. The van der Waals surface area contributed by atoms with E-state index in [1.807, 2.05) is 54.6 Å². The van der Waals surface area contributed by atoms with Gasteiger partial charge in [-0.2, -0.15) is 0 Å². The number of ether oxygens (including phenoxy) is 2. The Labute approximate surface area is 191 Å². The number of para-hydroxylation sites is 1. The van der Waals surface area contributed by atoms with Crippen molar-refractivity contribution in [2.75, 3.05) is 0 Å². The van der Waals surface area contributed by atoms with E-state index in [9.17, 15) is 4.79 Å². The fourth-order valence-electron chi connectivity index (χ4n) is 3.99. The van der Waals surface area contributed by atoms with E-state index in [2.05, 4.69) is 52.9 Å². The highest BCUT2D eigenvalue weighted by Gasteiger charge is 2.34. The van der Waals surface area contributed by atoms with E-state index >= 15 is 0 Å². The number of esters is 1. The Morgan fingerprint density at radius 1 is 0.935 bits per heavy atom. The first kappa shape index (κ1) is 21.6. The number of hydrogen-bond donors (Lipinski definition) is 0. The fourth-order valence-corrected chi connectivity index (χ4v) is 4.40. The minimum atomic E-state index is -0.282. The van der Waals surface area contributed by atoms with Gasteiger partial charge in [0.25, 0.3) is 0 Å². The molecule has 0 bridgehead atoms. The lowest BCUT2D eigenvalue weighted by molar-refractivity contribution is -0.153. The molecule has 0 saturated carbocycles. The van der Waals surface area contributed by atoms with Gasteiger partial charge in [0, 0.05) is 17.6 Å². The summed E-state index contributed by atoms with van der Waals surface area (Å²) in [6, 6.07) is 23.3. The summed E-state index contributed by atoms with van der Waals surface area (Å²) in [5, 5.41) is 0. The maximum atomic E-state index is 13.0. The van der Waals surface area contributed by atoms with Crippen LogP contribution >= 0.6 is 15.9 Å². The van der Waals surface area contributed by atoms with Crippen molar-refractivity contribution < 1.29 is 14.3 Å². The molecule has 0 spiro atoms.